The molecule has 0 unspecified atom stereocenters. The Bertz CT molecular complexity index is 425. The van der Waals surface area contributed by atoms with Crippen molar-refractivity contribution >= 4 is 34.0 Å². The average Bonchev–Trinajstić information content (AvgIpc) is 2.14. The number of nitrogens with one attached hydrogen (secondary N) is 1. The van der Waals surface area contributed by atoms with Crippen molar-refractivity contribution in [3.8, 4) is 0 Å². The maximum absolute atomic E-state index is 11.3. The van der Waals surface area contributed by atoms with Gasteiger partial charge >= 0.3 is 6.09 Å². The fraction of sp³-hybridized carbons (Fsp3) is 0.333. The van der Waals surface area contributed by atoms with Gasteiger partial charge in [-0.05, 0) is 39.0 Å². The maximum atomic E-state index is 11.3. The molecule has 1 aromatic carbocycles. The molecule has 0 fully saturated rings. The van der Waals surface area contributed by atoms with E-state index in [4.69, 9.17) is 4.74 Å². The smallest absolute Gasteiger partial charge is 0.412 e. The lowest BCUT2D eigenvalue weighted by Gasteiger charge is -2.18. The molecule has 92 valence electrons. The second-order valence-electron chi connectivity index (χ2n) is 4.38. The summed E-state index contributed by atoms with van der Waals surface area (Å²) in [5, 5.41) is 2.44. The number of nitrogens with zero attached hydrogens (tertiary/aromatic N) is 1. The zero-order chi connectivity index (χ0) is 12.9. The lowest BCUT2D eigenvalue weighted by atomic mass is 10.2. The number of amides is 1. The number of alkyl carbamates (subject to hydrolysis) is 1. The number of carbonyl (C=O) groups excluding carboxylic acids is 1. The highest BCUT2D eigenvalue weighted by Crippen LogP contribution is 2.17. The molecule has 0 heterocycles. The van der Waals surface area contributed by atoms with Gasteiger partial charge in [-0.3, -0.25) is 5.32 Å². The van der Waals surface area contributed by atoms with Crippen LogP contribution in [-0.2, 0) is 4.74 Å². The van der Waals surface area contributed by atoms with Gasteiger partial charge in [0.15, 0.2) is 0 Å². The van der Waals surface area contributed by atoms with Gasteiger partial charge in [-0.15, -0.1) is 0 Å². The molecule has 0 aromatic heterocycles. The first-order valence-corrected chi connectivity index (χ1v) is 5.94. The van der Waals surface area contributed by atoms with Crippen LogP contribution in [0.4, 0.5) is 10.5 Å². The number of carbonyl (C=O) groups is 1. The van der Waals surface area contributed by atoms with Gasteiger partial charge in [0.1, 0.15) is 5.60 Å². The number of hydrogen-bond donors (Lipinski definition) is 1. The van der Waals surface area contributed by atoms with Crippen LogP contribution in [0.3, 0.4) is 0 Å². The number of rotatable bonds is 2. The van der Waals surface area contributed by atoms with E-state index in [0.717, 1.165) is 10.2 Å². The number of hydrogen-bond acceptors (Lipinski definition) is 3. The van der Waals surface area contributed by atoms with Crippen molar-refractivity contribution < 1.29 is 9.53 Å². The van der Waals surface area contributed by atoms with Crippen molar-refractivity contribution in [2.75, 3.05) is 0 Å². The highest BCUT2D eigenvalue weighted by atomic mass is 79.9. The van der Waals surface area contributed by atoms with Crippen molar-refractivity contribution in [3.05, 3.63) is 28.7 Å². The van der Waals surface area contributed by atoms with Crippen molar-refractivity contribution in [1.29, 1.82) is 0 Å². The molecule has 1 N–H and O–H groups in total. The van der Waals surface area contributed by atoms with Crippen LogP contribution in [0.2, 0.25) is 0 Å². The van der Waals surface area contributed by atoms with Crippen molar-refractivity contribution in [2.24, 2.45) is 4.99 Å². The molecule has 0 spiro atoms. The molecule has 0 atom stereocenters. The normalized spacial score (nSPS) is 11.5. The Labute approximate surface area is 109 Å². The number of ether oxygens (including phenoxy) is 1. The Morgan fingerprint density at radius 1 is 1.47 bits per heavy atom. The molecule has 0 radical (unpaired) electrons. The van der Waals surface area contributed by atoms with Gasteiger partial charge in [0.25, 0.3) is 0 Å². The molecule has 5 heteroatoms. The zero-order valence-corrected chi connectivity index (χ0v) is 11.6. The Hall–Kier alpha value is -1.36. The van der Waals surface area contributed by atoms with E-state index in [1.165, 1.54) is 6.34 Å². The Morgan fingerprint density at radius 3 is 2.76 bits per heavy atom. The minimum Gasteiger partial charge on any atom is -0.444 e. The highest BCUT2D eigenvalue weighted by molar-refractivity contribution is 9.10. The summed E-state index contributed by atoms with van der Waals surface area (Å²) in [5.74, 6) is 0. The van der Waals surface area contributed by atoms with E-state index in [1.807, 2.05) is 24.3 Å². The number of halogens is 1. The molecule has 1 aromatic rings. The van der Waals surface area contributed by atoms with Crippen molar-refractivity contribution in [3.63, 3.8) is 0 Å². The number of benzene rings is 1. The molecule has 0 saturated heterocycles. The molecule has 0 saturated carbocycles. The quantitative estimate of drug-likeness (QED) is 0.669. The summed E-state index contributed by atoms with van der Waals surface area (Å²) < 4.78 is 5.98. The van der Waals surface area contributed by atoms with Crippen LogP contribution in [0.15, 0.2) is 33.7 Å². The van der Waals surface area contributed by atoms with Crippen LogP contribution < -0.4 is 5.32 Å². The highest BCUT2D eigenvalue weighted by Gasteiger charge is 2.14. The molecule has 0 bridgehead atoms. The summed E-state index contributed by atoms with van der Waals surface area (Å²) in [4.78, 5) is 15.4. The van der Waals surface area contributed by atoms with Gasteiger partial charge in [0.05, 0.1) is 12.0 Å². The fourth-order valence-electron chi connectivity index (χ4n) is 1.02. The predicted octanol–water partition coefficient (Wildman–Crippen LogP) is 3.63. The molecule has 0 aliphatic rings. The first-order valence-electron chi connectivity index (χ1n) is 5.14. The second kappa shape index (κ2) is 5.82. The van der Waals surface area contributed by atoms with Crippen molar-refractivity contribution in [2.45, 2.75) is 26.4 Å². The van der Waals surface area contributed by atoms with Crippen LogP contribution in [-0.4, -0.2) is 18.0 Å². The first kappa shape index (κ1) is 13.7. The van der Waals surface area contributed by atoms with Gasteiger partial charge in [-0.25, -0.2) is 9.79 Å². The van der Waals surface area contributed by atoms with Crippen molar-refractivity contribution in [1.82, 2.24) is 5.32 Å². The maximum Gasteiger partial charge on any atom is 0.412 e. The van der Waals surface area contributed by atoms with Crippen LogP contribution in [0.25, 0.3) is 0 Å². The molecule has 0 aliphatic heterocycles. The predicted molar refractivity (Wildman–Crippen MR) is 71.7 cm³/mol. The molecular formula is C12H15BrN2O2. The number of aliphatic imine (C=N–C) groups is 1. The molecule has 17 heavy (non-hydrogen) atoms. The summed E-state index contributed by atoms with van der Waals surface area (Å²) in [7, 11) is 0. The van der Waals surface area contributed by atoms with E-state index in [2.05, 4.69) is 26.2 Å². The first-order chi connectivity index (χ1) is 7.87. The summed E-state index contributed by atoms with van der Waals surface area (Å²) in [6, 6.07) is 7.44. The summed E-state index contributed by atoms with van der Waals surface area (Å²) in [5.41, 5.74) is 0.240. The average molecular weight is 299 g/mol. The van der Waals surface area contributed by atoms with Gasteiger partial charge in [0.2, 0.25) is 0 Å². The summed E-state index contributed by atoms with van der Waals surface area (Å²) >= 11 is 3.34. The zero-order valence-electron chi connectivity index (χ0n) is 10.0. The molecule has 1 rings (SSSR count). The van der Waals surface area contributed by atoms with Gasteiger partial charge in [0, 0.05) is 4.47 Å². The lowest BCUT2D eigenvalue weighted by molar-refractivity contribution is 0.0565. The minimum absolute atomic E-state index is 0.506. The molecular weight excluding hydrogens is 284 g/mol. The third-order valence-corrected chi connectivity index (χ3v) is 2.10. The Kier molecular flexibility index (Phi) is 4.69. The lowest BCUT2D eigenvalue weighted by Crippen LogP contribution is -2.31. The topological polar surface area (TPSA) is 50.7 Å². The van der Waals surface area contributed by atoms with Crippen LogP contribution in [0.1, 0.15) is 20.8 Å². The van der Waals surface area contributed by atoms with Gasteiger partial charge in [-0.2, -0.15) is 0 Å². The van der Waals surface area contributed by atoms with Crippen LogP contribution in [0, 0.1) is 0 Å². The second-order valence-corrected chi connectivity index (χ2v) is 5.30. The third-order valence-electron chi connectivity index (χ3n) is 1.60. The van der Waals surface area contributed by atoms with E-state index < -0.39 is 11.7 Å². The van der Waals surface area contributed by atoms with Crippen LogP contribution >= 0.6 is 15.9 Å². The van der Waals surface area contributed by atoms with E-state index >= 15 is 0 Å². The molecule has 0 aliphatic carbocycles. The summed E-state index contributed by atoms with van der Waals surface area (Å²) in [6.45, 7) is 5.41. The molecule has 4 nitrogen and oxygen atoms in total. The largest absolute Gasteiger partial charge is 0.444 e. The summed E-state index contributed by atoms with van der Waals surface area (Å²) in [6.07, 6.45) is 0.798. The van der Waals surface area contributed by atoms with E-state index in [1.54, 1.807) is 20.8 Å². The Morgan fingerprint density at radius 2 is 2.18 bits per heavy atom. The Balaban J connectivity index is 2.48. The molecule has 1 amide bonds. The SMILES string of the molecule is CC(C)(C)OC(=O)NC=Nc1cccc(Br)c1. The van der Waals surface area contributed by atoms with E-state index in [9.17, 15) is 4.79 Å². The minimum atomic E-state index is -0.517. The van der Waals surface area contributed by atoms with E-state index in [-0.39, 0.29) is 0 Å². The van der Waals surface area contributed by atoms with Gasteiger partial charge in [-0.1, -0.05) is 22.0 Å². The van der Waals surface area contributed by atoms with Gasteiger partial charge < -0.3 is 4.74 Å². The van der Waals surface area contributed by atoms with E-state index in [0.29, 0.717) is 0 Å². The monoisotopic (exact) mass is 298 g/mol. The fourth-order valence-corrected chi connectivity index (χ4v) is 1.41. The van der Waals surface area contributed by atoms with Crippen LogP contribution in [0.5, 0.6) is 0 Å². The standard InChI is InChI=1S/C12H15BrN2O2/c1-12(2,3)17-11(16)15-8-14-10-6-4-5-9(13)7-10/h4-8H,1-3H3,(H,14,15,16). The third kappa shape index (κ3) is 6.06.